The zero-order chi connectivity index (χ0) is 19.4. The summed E-state index contributed by atoms with van der Waals surface area (Å²) in [5.74, 6) is 0.950. The van der Waals surface area contributed by atoms with Crippen molar-refractivity contribution in [2.75, 3.05) is 13.7 Å². The van der Waals surface area contributed by atoms with E-state index in [9.17, 15) is 9.59 Å². The molecule has 2 aromatic carbocycles. The number of benzene rings is 2. The van der Waals surface area contributed by atoms with Crippen LogP contribution in [0.25, 0.3) is 10.8 Å². The number of amides is 1. The summed E-state index contributed by atoms with van der Waals surface area (Å²) in [6.45, 7) is 2.66. The Bertz CT molecular complexity index is 1010. The molecular formula is C22H24N2O3. The molecule has 0 aliphatic rings. The molecule has 27 heavy (non-hydrogen) atoms. The first-order chi connectivity index (χ1) is 13.0. The van der Waals surface area contributed by atoms with E-state index < -0.39 is 0 Å². The molecule has 1 amide bonds. The van der Waals surface area contributed by atoms with Crippen LogP contribution >= 0.6 is 0 Å². The monoisotopic (exact) mass is 364 g/mol. The number of nitrogens with one attached hydrogen (secondary N) is 1. The zero-order valence-electron chi connectivity index (χ0n) is 15.9. The fourth-order valence-corrected chi connectivity index (χ4v) is 3.20. The van der Waals surface area contributed by atoms with Crippen LogP contribution in [-0.4, -0.2) is 24.1 Å². The average Bonchev–Trinajstić information content (AvgIpc) is 2.69. The molecule has 1 heterocycles. The largest absolute Gasteiger partial charge is 0.497 e. The van der Waals surface area contributed by atoms with Gasteiger partial charge in [-0.2, -0.15) is 0 Å². The Balaban J connectivity index is 1.69. The summed E-state index contributed by atoms with van der Waals surface area (Å²) in [6, 6.07) is 15.2. The van der Waals surface area contributed by atoms with Gasteiger partial charge in [0, 0.05) is 30.6 Å². The molecule has 0 saturated heterocycles. The van der Waals surface area contributed by atoms with E-state index in [4.69, 9.17) is 4.74 Å². The molecule has 1 atom stereocenters. The number of pyridine rings is 1. The molecule has 3 rings (SSSR count). The Labute approximate surface area is 158 Å². The van der Waals surface area contributed by atoms with Gasteiger partial charge < -0.3 is 14.6 Å². The molecule has 1 N–H and O–H groups in total. The van der Waals surface area contributed by atoms with Gasteiger partial charge in [0.25, 0.3) is 11.5 Å². The maximum Gasteiger partial charge on any atom is 0.258 e. The standard InChI is InChI=1S/C22H24N2O3/c1-15(12-16-8-10-17(27-3)11-9-16)13-23-21(25)20-14-24(2)22(26)19-7-5-4-6-18(19)20/h4-11,14-15H,12-13H2,1-3H3,(H,23,25). The maximum atomic E-state index is 12.7. The van der Waals surface area contributed by atoms with Crippen LogP contribution in [0.3, 0.4) is 0 Å². The lowest BCUT2D eigenvalue weighted by Crippen LogP contribution is -2.30. The van der Waals surface area contributed by atoms with Gasteiger partial charge in [-0.25, -0.2) is 0 Å². The summed E-state index contributed by atoms with van der Waals surface area (Å²) >= 11 is 0. The van der Waals surface area contributed by atoms with E-state index in [0.29, 0.717) is 22.9 Å². The van der Waals surface area contributed by atoms with E-state index in [1.165, 1.54) is 10.1 Å². The van der Waals surface area contributed by atoms with Gasteiger partial charge in [0.15, 0.2) is 0 Å². The van der Waals surface area contributed by atoms with Crippen LogP contribution in [0.2, 0.25) is 0 Å². The molecule has 3 aromatic rings. The van der Waals surface area contributed by atoms with Crippen molar-refractivity contribution in [3.8, 4) is 5.75 Å². The average molecular weight is 364 g/mol. The zero-order valence-corrected chi connectivity index (χ0v) is 15.9. The Morgan fingerprint density at radius 2 is 1.78 bits per heavy atom. The minimum atomic E-state index is -0.164. The first kappa shape index (κ1) is 18.7. The molecule has 0 spiro atoms. The van der Waals surface area contributed by atoms with Crippen molar-refractivity contribution in [3.63, 3.8) is 0 Å². The number of hydrogen-bond acceptors (Lipinski definition) is 3. The first-order valence-electron chi connectivity index (χ1n) is 8.99. The van der Waals surface area contributed by atoms with E-state index in [2.05, 4.69) is 12.2 Å². The van der Waals surface area contributed by atoms with Gasteiger partial charge in [-0.1, -0.05) is 37.3 Å². The number of methoxy groups -OCH3 is 1. The Kier molecular flexibility index (Phi) is 5.60. The van der Waals surface area contributed by atoms with Gasteiger partial charge in [0.05, 0.1) is 12.7 Å². The highest BCUT2D eigenvalue weighted by Crippen LogP contribution is 2.16. The predicted octanol–water partition coefficient (Wildman–Crippen LogP) is 3.16. The van der Waals surface area contributed by atoms with Gasteiger partial charge in [0.2, 0.25) is 0 Å². The number of carbonyl (C=O) groups is 1. The molecule has 0 aliphatic heterocycles. The van der Waals surface area contributed by atoms with Crippen LogP contribution in [-0.2, 0) is 13.5 Å². The summed E-state index contributed by atoms with van der Waals surface area (Å²) in [6.07, 6.45) is 2.46. The van der Waals surface area contributed by atoms with E-state index in [1.807, 2.05) is 42.5 Å². The van der Waals surface area contributed by atoms with Gasteiger partial charge >= 0.3 is 0 Å². The van der Waals surface area contributed by atoms with Crippen LogP contribution in [0, 0.1) is 5.92 Å². The molecular weight excluding hydrogens is 340 g/mol. The highest BCUT2D eigenvalue weighted by atomic mass is 16.5. The first-order valence-corrected chi connectivity index (χ1v) is 8.99. The molecule has 0 radical (unpaired) electrons. The molecule has 5 heteroatoms. The fourth-order valence-electron chi connectivity index (χ4n) is 3.20. The summed E-state index contributed by atoms with van der Waals surface area (Å²) in [7, 11) is 3.31. The molecule has 0 fully saturated rings. The fraction of sp³-hybridized carbons (Fsp3) is 0.273. The van der Waals surface area contributed by atoms with E-state index >= 15 is 0 Å². The summed E-state index contributed by atoms with van der Waals surface area (Å²) in [5, 5.41) is 4.24. The summed E-state index contributed by atoms with van der Waals surface area (Å²) < 4.78 is 6.63. The second-order valence-electron chi connectivity index (χ2n) is 6.87. The Morgan fingerprint density at radius 1 is 1.11 bits per heavy atom. The van der Waals surface area contributed by atoms with E-state index in [-0.39, 0.29) is 17.4 Å². The van der Waals surface area contributed by atoms with Gasteiger partial charge in [-0.15, -0.1) is 0 Å². The second-order valence-corrected chi connectivity index (χ2v) is 6.87. The minimum absolute atomic E-state index is 0.102. The molecule has 0 aliphatic carbocycles. The van der Waals surface area contributed by atoms with Crippen LogP contribution < -0.4 is 15.6 Å². The van der Waals surface area contributed by atoms with Crippen molar-refractivity contribution >= 4 is 16.7 Å². The van der Waals surface area contributed by atoms with Crippen molar-refractivity contribution < 1.29 is 9.53 Å². The Hall–Kier alpha value is -3.08. The van der Waals surface area contributed by atoms with Gasteiger partial charge in [-0.3, -0.25) is 9.59 Å². The van der Waals surface area contributed by atoms with Crippen LogP contribution in [0.1, 0.15) is 22.8 Å². The van der Waals surface area contributed by atoms with Gasteiger partial charge in [0.1, 0.15) is 5.75 Å². The molecule has 5 nitrogen and oxygen atoms in total. The van der Waals surface area contributed by atoms with Crippen LogP contribution in [0.5, 0.6) is 5.75 Å². The molecule has 0 bridgehead atoms. The van der Waals surface area contributed by atoms with Crippen molar-refractivity contribution in [2.24, 2.45) is 13.0 Å². The molecule has 1 unspecified atom stereocenters. The highest BCUT2D eigenvalue weighted by Gasteiger charge is 2.14. The Morgan fingerprint density at radius 3 is 2.44 bits per heavy atom. The van der Waals surface area contributed by atoms with Crippen molar-refractivity contribution in [2.45, 2.75) is 13.3 Å². The number of carbonyl (C=O) groups excluding carboxylic acids is 1. The third-order valence-electron chi connectivity index (χ3n) is 4.69. The van der Waals surface area contributed by atoms with Gasteiger partial charge in [-0.05, 0) is 36.1 Å². The predicted molar refractivity (Wildman–Crippen MR) is 107 cm³/mol. The third-order valence-corrected chi connectivity index (χ3v) is 4.69. The number of fused-ring (bicyclic) bond motifs is 1. The summed E-state index contributed by atoms with van der Waals surface area (Å²) in [5.41, 5.74) is 1.62. The number of aryl methyl sites for hydroxylation is 1. The van der Waals surface area contributed by atoms with Crippen molar-refractivity contribution in [3.05, 3.63) is 76.2 Å². The lowest BCUT2D eigenvalue weighted by Gasteiger charge is -2.14. The number of rotatable bonds is 6. The third kappa shape index (κ3) is 4.19. The van der Waals surface area contributed by atoms with Crippen LogP contribution in [0.4, 0.5) is 0 Å². The molecule has 1 aromatic heterocycles. The van der Waals surface area contributed by atoms with Crippen molar-refractivity contribution in [1.29, 1.82) is 0 Å². The van der Waals surface area contributed by atoms with Crippen LogP contribution in [0.15, 0.2) is 59.5 Å². The van der Waals surface area contributed by atoms with E-state index in [0.717, 1.165) is 12.2 Å². The maximum absolute atomic E-state index is 12.7. The highest BCUT2D eigenvalue weighted by molar-refractivity contribution is 6.06. The second kappa shape index (κ2) is 8.08. The molecule has 140 valence electrons. The quantitative estimate of drug-likeness (QED) is 0.731. The van der Waals surface area contributed by atoms with E-state index in [1.54, 1.807) is 26.4 Å². The number of hydrogen-bond donors (Lipinski definition) is 1. The lowest BCUT2D eigenvalue weighted by molar-refractivity contribution is 0.0949. The minimum Gasteiger partial charge on any atom is -0.497 e. The normalized spacial score (nSPS) is 12.0. The SMILES string of the molecule is COc1ccc(CC(C)CNC(=O)c2cn(C)c(=O)c3ccccc23)cc1. The summed E-state index contributed by atoms with van der Waals surface area (Å²) in [4.78, 5) is 25.0. The van der Waals surface area contributed by atoms with Crippen molar-refractivity contribution in [1.82, 2.24) is 9.88 Å². The lowest BCUT2D eigenvalue weighted by atomic mass is 10.0. The topological polar surface area (TPSA) is 60.3 Å². The number of ether oxygens (including phenoxy) is 1. The smallest absolute Gasteiger partial charge is 0.258 e. The number of nitrogens with zero attached hydrogens (tertiary/aromatic N) is 1. The molecule has 0 saturated carbocycles. The number of aromatic nitrogens is 1.